The third kappa shape index (κ3) is 0.911. The van der Waals surface area contributed by atoms with Crippen LogP contribution >= 0.6 is 0 Å². The third-order valence-corrected chi connectivity index (χ3v) is 2.98. The summed E-state index contributed by atoms with van der Waals surface area (Å²) in [5.41, 5.74) is 4.51. The fourth-order valence-corrected chi connectivity index (χ4v) is 2.14. The maximum absolute atomic E-state index is 3.42. The summed E-state index contributed by atoms with van der Waals surface area (Å²) in [5.74, 6) is 0. The Kier molecular flexibility index (Phi) is 1.55. The fraction of sp³-hybridized carbons (Fsp3) is 0.600. The van der Waals surface area contributed by atoms with Crippen molar-refractivity contribution in [2.24, 2.45) is 0 Å². The molecule has 1 fully saturated rings. The summed E-state index contributed by atoms with van der Waals surface area (Å²) in [5, 5.41) is 3.42. The average Bonchev–Trinajstić information content (AvgIpc) is 2.77. The molecule has 1 aliphatic carbocycles. The second kappa shape index (κ2) is 2.36. The van der Waals surface area contributed by atoms with Crippen LogP contribution in [-0.2, 0) is 5.54 Å². The van der Waals surface area contributed by atoms with Crippen LogP contribution in [-0.4, -0.2) is 12.0 Å². The normalized spacial score (nSPS) is 19.6. The van der Waals surface area contributed by atoms with Gasteiger partial charge in [0, 0.05) is 17.4 Å². The molecule has 66 valence electrons. The van der Waals surface area contributed by atoms with Gasteiger partial charge in [0.05, 0.1) is 0 Å². The number of hydrogen-bond donors (Lipinski definition) is 2. The molecule has 1 aromatic rings. The van der Waals surface area contributed by atoms with Crippen LogP contribution in [0.3, 0.4) is 0 Å². The molecular formula is C10H16N2. The molecule has 0 unspecified atom stereocenters. The highest BCUT2D eigenvalue weighted by atomic mass is 15.0. The van der Waals surface area contributed by atoms with Gasteiger partial charge in [0.15, 0.2) is 0 Å². The van der Waals surface area contributed by atoms with E-state index in [1.807, 2.05) is 0 Å². The van der Waals surface area contributed by atoms with Gasteiger partial charge in [0.1, 0.15) is 0 Å². The standard InChI is InChI=1S/C10H16N2/c1-7-6-12-8(2)9(7)10(11-3)4-5-10/h6,11-12H,4-5H2,1-3H3. The monoisotopic (exact) mass is 164 g/mol. The summed E-state index contributed by atoms with van der Waals surface area (Å²) in [6.07, 6.45) is 4.66. The van der Waals surface area contributed by atoms with Crippen LogP contribution in [0.1, 0.15) is 29.7 Å². The first kappa shape index (κ1) is 7.87. The SMILES string of the molecule is CNC1(c2c(C)c[nH]c2C)CC1. The molecule has 0 aromatic carbocycles. The van der Waals surface area contributed by atoms with Gasteiger partial charge in [-0.15, -0.1) is 0 Å². The summed E-state index contributed by atoms with van der Waals surface area (Å²) in [4.78, 5) is 3.28. The zero-order valence-electron chi connectivity index (χ0n) is 7.99. The Hall–Kier alpha value is -0.760. The first-order valence-corrected chi connectivity index (χ1v) is 4.53. The number of hydrogen-bond acceptors (Lipinski definition) is 1. The van der Waals surface area contributed by atoms with Crippen LogP contribution in [0, 0.1) is 13.8 Å². The predicted molar refractivity (Wildman–Crippen MR) is 50.2 cm³/mol. The van der Waals surface area contributed by atoms with E-state index in [2.05, 4.69) is 37.4 Å². The minimum absolute atomic E-state index is 0.314. The maximum Gasteiger partial charge on any atom is 0.0454 e. The second-order valence-electron chi connectivity index (χ2n) is 3.80. The van der Waals surface area contributed by atoms with Gasteiger partial charge in [-0.1, -0.05) is 0 Å². The van der Waals surface area contributed by atoms with Gasteiger partial charge in [-0.25, -0.2) is 0 Å². The van der Waals surface area contributed by atoms with Crippen LogP contribution in [0.15, 0.2) is 6.20 Å². The minimum atomic E-state index is 0.314. The van der Waals surface area contributed by atoms with E-state index in [1.54, 1.807) is 0 Å². The van der Waals surface area contributed by atoms with Crippen molar-refractivity contribution in [3.8, 4) is 0 Å². The molecule has 0 saturated heterocycles. The van der Waals surface area contributed by atoms with Crippen LogP contribution in [0.25, 0.3) is 0 Å². The molecule has 0 bridgehead atoms. The topological polar surface area (TPSA) is 27.8 Å². The van der Waals surface area contributed by atoms with Gasteiger partial charge in [-0.3, -0.25) is 0 Å². The minimum Gasteiger partial charge on any atom is -0.365 e. The molecule has 0 aliphatic heterocycles. The van der Waals surface area contributed by atoms with E-state index in [9.17, 15) is 0 Å². The average molecular weight is 164 g/mol. The molecule has 1 saturated carbocycles. The first-order chi connectivity index (χ1) is 5.69. The third-order valence-electron chi connectivity index (χ3n) is 2.98. The molecule has 0 spiro atoms. The summed E-state index contributed by atoms with van der Waals surface area (Å²) in [6, 6.07) is 0. The number of H-pyrrole nitrogens is 1. The van der Waals surface area contributed by atoms with E-state index in [0.29, 0.717) is 5.54 Å². The van der Waals surface area contributed by atoms with Crippen molar-refractivity contribution in [1.82, 2.24) is 10.3 Å². The molecule has 1 heterocycles. The smallest absolute Gasteiger partial charge is 0.0454 e. The maximum atomic E-state index is 3.42. The molecule has 0 amide bonds. The van der Waals surface area contributed by atoms with Gasteiger partial charge < -0.3 is 10.3 Å². The molecule has 2 rings (SSSR count). The van der Waals surface area contributed by atoms with E-state index in [4.69, 9.17) is 0 Å². The van der Waals surface area contributed by atoms with Crippen molar-refractivity contribution in [2.75, 3.05) is 7.05 Å². The van der Waals surface area contributed by atoms with Gasteiger partial charge >= 0.3 is 0 Å². The zero-order valence-corrected chi connectivity index (χ0v) is 7.99. The lowest BCUT2D eigenvalue weighted by Gasteiger charge is -2.15. The van der Waals surface area contributed by atoms with Crippen molar-refractivity contribution in [3.63, 3.8) is 0 Å². The van der Waals surface area contributed by atoms with Crippen LogP contribution in [0.4, 0.5) is 0 Å². The lowest BCUT2D eigenvalue weighted by atomic mass is 10.0. The Morgan fingerprint density at radius 2 is 2.08 bits per heavy atom. The summed E-state index contributed by atoms with van der Waals surface area (Å²) < 4.78 is 0. The Morgan fingerprint density at radius 1 is 1.42 bits per heavy atom. The Balaban J connectivity index is 2.45. The molecule has 1 aliphatic rings. The van der Waals surface area contributed by atoms with Crippen molar-refractivity contribution in [2.45, 2.75) is 32.2 Å². The van der Waals surface area contributed by atoms with Gasteiger partial charge in [0.25, 0.3) is 0 Å². The predicted octanol–water partition coefficient (Wildman–Crippen LogP) is 1.84. The highest BCUT2D eigenvalue weighted by molar-refractivity contribution is 5.39. The lowest BCUT2D eigenvalue weighted by Crippen LogP contribution is -2.25. The highest BCUT2D eigenvalue weighted by Crippen LogP contribution is 2.47. The quantitative estimate of drug-likeness (QED) is 0.686. The van der Waals surface area contributed by atoms with Gasteiger partial charge in [-0.2, -0.15) is 0 Å². The highest BCUT2D eigenvalue weighted by Gasteiger charge is 2.45. The number of nitrogens with one attached hydrogen (secondary N) is 2. The van der Waals surface area contributed by atoms with E-state index in [-0.39, 0.29) is 0 Å². The summed E-state index contributed by atoms with van der Waals surface area (Å²) in [7, 11) is 2.05. The number of aryl methyl sites for hydroxylation is 2. The Labute approximate surface area is 73.4 Å². The lowest BCUT2D eigenvalue weighted by molar-refractivity contribution is 0.579. The molecular weight excluding hydrogens is 148 g/mol. The van der Waals surface area contributed by atoms with Crippen LogP contribution < -0.4 is 5.32 Å². The molecule has 2 heteroatoms. The van der Waals surface area contributed by atoms with Gasteiger partial charge in [0.2, 0.25) is 0 Å². The number of aromatic nitrogens is 1. The second-order valence-corrected chi connectivity index (χ2v) is 3.80. The van der Waals surface area contributed by atoms with E-state index < -0.39 is 0 Å². The number of aromatic amines is 1. The van der Waals surface area contributed by atoms with Crippen LogP contribution in [0.5, 0.6) is 0 Å². The molecule has 2 nitrogen and oxygen atoms in total. The molecule has 12 heavy (non-hydrogen) atoms. The largest absolute Gasteiger partial charge is 0.365 e. The molecule has 0 radical (unpaired) electrons. The summed E-state index contributed by atoms with van der Waals surface area (Å²) in [6.45, 7) is 4.33. The van der Waals surface area contributed by atoms with Crippen LogP contribution in [0.2, 0.25) is 0 Å². The van der Waals surface area contributed by atoms with E-state index in [1.165, 1.54) is 29.7 Å². The Bertz CT molecular complexity index is 275. The summed E-state index contributed by atoms with van der Waals surface area (Å²) >= 11 is 0. The first-order valence-electron chi connectivity index (χ1n) is 4.53. The van der Waals surface area contributed by atoms with E-state index >= 15 is 0 Å². The van der Waals surface area contributed by atoms with Crippen molar-refractivity contribution in [1.29, 1.82) is 0 Å². The fourth-order valence-electron chi connectivity index (χ4n) is 2.14. The molecule has 1 aromatic heterocycles. The van der Waals surface area contributed by atoms with Crippen molar-refractivity contribution >= 4 is 0 Å². The number of rotatable bonds is 2. The van der Waals surface area contributed by atoms with Crippen molar-refractivity contribution < 1.29 is 0 Å². The van der Waals surface area contributed by atoms with Gasteiger partial charge in [-0.05, 0) is 44.9 Å². The molecule has 2 N–H and O–H groups in total. The zero-order chi connectivity index (χ0) is 8.77. The molecule has 0 atom stereocenters. The Morgan fingerprint density at radius 3 is 2.42 bits per heavy atom. The van der Waals surface area contributed by atoms with Crippen molar-refractivity contribution in [3.05, 3.63) is 23.0 Å². The van der Waals surface area contributed by atoms with E-state index in [0.717, 1.165) is 0 Å².